The van der Waals surface area contributed by atoms with Gasteiger partial charge in [0.05, 0.1) is 11.5 Å². The average Bonchev–Trinajstić information content (AvgIpc) is 2.55. The Morgan fingerprint density at radius 1 is 0.778 bits per heavy atom. The molecule has 0 aliphatic carbocycles. The molecule has 0 unspecified atom stereocenters. The summed E-state index contributed by atoms with van der Waals surface area (Å²) < 4.78 is 41.6. The summed E-state index contributed by atoms with van der Waals surface area (Å²) in [5, 5.41) is 12.7. The van der Waals surface area contributed by atoms with Crippen molar-refractivity contribution in [3.05, 3.63) is 0 Å². The lowest BCUT2D eigenvalue weighted by Crippen LogP contribution is -2.25. The van der Waals surface area contributed by atoms with Crippen LogP contribution in [0.3, 0.4) is 0 Å². The second-order valence-electron chi connectivity index (χ2n) is 5.82. The molecule has 0 aromatic heterocycles. The van der Waals surface area contributed by atoms with Crippen molar-refractivity contribution in [1.29, 1.82) is 0 Å². The molecule has 0 atom stereocenters. The lowest BCUT2D eigenvalue weighted by molar-refractivity contribution is 0.299. The zero-order chi connectivity index (χ0) is 21.8. The van der Waals surface area contributed by atoms with Gasteiger partial charge in [-0.15, -0.1) is 11.6 Å². The van der Waals surface area contributed by atoms with Gasteiger partial charge in [0.15, 0.2) is 0 Å². The zero-order valence-electron chi connectivity index (χ0n) is 17.4. The highest BCUT2D eigenvalue weighted by Gasteiger charge is 2.03. The van der Waals surface area contributed by atoms with Crippen molar-refractivity contribution in [2.45, 2.75) is 53.4 Å². The summed E-state index contributed by atoms with van der Waals surface area (Å²) in [4.78, 5) is 2.27. The molecule has 8 nitrogen and oxygen atoms in total. The van der Waals surface area contributed by atoms with Gasteiger partial charge in [0.1, 0.15) is 0 Å². The van der Waals surface area contributed by atoms with Crippen LogP contribution in [0.2, 0.25) is 0 Å². The quantitative estimate of drug-likeness (QED) is 0.284. The van der Waals surface area contributed by atoms with Gasteiger partial charge in [0, 0.05) is 5.88 Å². The van der Waals surface area contributed by atoms with Crippen LogP contribution in [0.1, 0.15) is 53.4 Å². The standard InChI is InChI=1S/C8H20N2O2S.C4H10ClNO2S.C4H11N/c1-3-10(4-2)7-5-6-8-13(9,11)12;5-3-1-2-4-9(6,7)8;1-3-5-4-2/h3-8H2,1-2H3,(H2,9,11,12);1-4H2,(H2,6,7,8);5H,3-4H2,1-2H3. The molecule has 168 valence electrons. The summed E-state index contributed by atoms with van der Waals surface area (Å²) in [6.45, 7) is 13.6. The van der Waals surface area contributed by atoms with Gasteiger partial charge in [-0.1, -0.05) is 27.7 Å². The van der Waals surface area contributed by atoms with Crippen LogP contribution in [0.5, 0.6) is 0 Å². The normalized spacial score (nSPS) is 11.4. The second-order valence-corrected chi connectivity index (χ2v) is 9.67. The van der Waals surface area contributed by atoms with Gasteiger partial charge < -0.3 is 10.2 Å². The Morgan fingerprint density at radius 2 is 1.19 bits per heavy atom. The van der Waals surface area contributed by atoms with Crippen LogP contribution < -0.4 is 15.6 Å². The van der Waals surface area contributed by atoms with E-state index in [2.05, 4.69) is 37.9 Å². The summed E-state index contributed by atoms with van der Waals surface area (Å²) >= 11 is 5.29. The van der Waals surface area contributed by atoms with Gasteiger partial charge in [-0.25, -0.2) is 27.1 Å². The summed E-state index contributed by atoms with van der Waals surface area (Å²) in [7, 11) is -6.51. The molecule has 0 heterocycles. The van der Waals surface area contributed by atoms with Crippen LogP contribution in [0.25, 0.3) is 0 Å². The number of hydrogen-bond acceptors (Lipinski definition) is 6. The first-order valence-electron chi connectivity index (χ1n) is 9.47. The maximum atomic E-state index is 10.6. The minimum Gasteiger partial charge on any atom is -0.317 e. The fourth-order valence-corrected chi connectivity index (χ4v) is 3.23. The maximum Gasteiger partial charge on any atom is 0.209 e. The molecular weight excluding hydrogens is 412 g/mol. The van der Waals surface area contributed by atoms with Gasteiger partial charge in [0.2, 0.25) is 20.0 Å². The smallest absolute Gasteiger partial charge is 0.209 e. The third kappa shape index (κ3) is 37.5. The Hall–Kier alpha value is 0.0300. The fraction of sp³-hybridized carbons (Fsp3) is 1.00. The van der Waals surface area contributed by atoms with E-state index in [1.807, 2.05) is 0 Å². The molecule has 0 fully saturated rings. The van der Waals surface area contributed by atoms with E-state index in [9.17, 15) is 16.8 Å². The van der Waals surface area contributed by atoms with Gasteiger partial charge >= 0.3 is 0 Å². The van der Waals surface area contributed by atoms with Gasteiger partial charge in [-0.05, 0) is 58.4 Å². The van der Waals surface area contributed by atoms with Crippen molar-refractivity contribution in [3.63, 3.8) is 0 Å². The predicted molar refractivity (Wildman–Crippen MR) is 117 cm³/mol. The summed E-state index contributed by atoms with van der Waals surface area (Å²) in [6.07, 6.45) is 2.83. The van der Waals surface area contributed by atoms with Gasteiger partial charge in [0.25, 0.3) is 0 Å². The van der Waals surface area contributed by atoms with Crippen molar-refractivity contribution in [3.8, 4) is 0 Å². The molecule has 0 saturated heterocycles. The first-order chi connectivity index (χ1) is 12.5. The van der Waals surface area contributed by atoms with E-state index in [-0.39, 0.29) is 11.5 Å². The largest absolute Gasteiger partial charge is 0.317 e. The minimum atomic E-state index is -3.26. The highest BCUT2D eigenvalue weighted by Crippen LogP contribution is 1.96. The molecule has 0 aliphatic rings. The first kappa shape index (κ1) is 31.7. The summed E-state index contributed by atoms with van der Waals surface area (Å²) in [6, 6.07) is 0. The van der Waals surface area contributed by atoms with E-state index >= 15 is 0 Å². The molecule has 11 heteroatoms. The molecule has 0 radical (unpaired) electrons. The van der Waals surface area contributed by atoms with Gasteiger partial charge in [-0.3, -0.25) is 0 Å². The molecule has 27 heavy (non-hydrogen) atoms. The van der Waals surface area contributed by atoms with Crippen molar-refractivity contribution in [2.24, 2.45) is 10.3 Å². The number of nitrogens with zero attached hydrogens (tertiary/aromatic N) is 1. The van der Waals surface area contributed by atoms with Crippen molar-refractivity contribution >= 4 is 31.6 Å². The molecule has 0 amide bonds. The Kier molecular flexibility index (Phi) is 24.4. The maximum absolute atomic E-state index is 10.6. The number of hydrogen-bond donors (Lipinski definition) is 3. The number of sulfonamides is 2. The second kappa shape index (κ2) is 20.8. The number of nitrogens with one attached hydrogen (secondary N) is 1. The van der Waals surface area contributed by atoms with E-state index < -0.39 is 20.0 Å². The van der Waals surface area contributed by atoms with Crippen molar-refractivity contribution < 1.29 is 16.8 Å². The lowest BCUT2D eigenvalue weighted by atomic mass is 10.3. The topological polar surface area (TPSA) is 136 Å². The Labute approximate surface area is 172 Å². The Morgan fingerprint density at radius 3 is 1.44 bits per heavy atom. The van der Waals surface area contributed by atoms with E-state index in [0.717, 1.165) is 39.1 Å². The highest BCUT2D eigenvalue weighted by atomic mass is 35.5. The molecule has 0 aromatic rings. The Balaban J connectivity index is -0.000000356. The SMILES string of the molecule is CCN(CC)CCCCS(N)(=O)=O.CCNCC.NS(=O)(=O)CCCCCl. The number of alkyl halides is 1. The first-order valence-corrected chi connectivity index (χ1v) is 13.4. The molecule has 0 aliphatic heterocycles. The third-order valence-electron chi connectivity index (χ3n) is 3.36. The molecule has 0 bridgehead atoms. The lowest BCUT2D eigenvalue weighted by Gasteiger charge is -2.17. The van der Waals surface area contributed by atoms with Gasteiger partial charge in [-0.2, -0.15) is 0 Å². The van der Waals surface area contributed by atoms with E-state index in [1.54, 1.807) is 0 Å². The fourth-order valence-electron chi connectivity index (χ4n) is 1.83. The molecule has 0 saturated carbocycles. The third-order valence-corrected chi connectivity index (χ3v) is 5.34. The number of nitrogens with two attached hydrogens (primary N) is 2. The van der Waals surface area contributed by atoms with E-state index in [0.29, 0.717) is 25.1 Å². The van der Waals surface area contributed by atoms with Crippen LogP contribution in [0, 0.1) is 0 Å². The predicted octanol–water partition coefficient (Wildman–Crippen LogP) is 1.31. The van der Waals surface area contributed by atoms with E-state index in [4.69, 9.17) is 21.9 Å². The van der Waals surface area contributed by atoms with Crippen LogP contribution in [-0.4, -0.2) is 71.8 Å². The summed E-state index contributed by atoms with van der Waals surface area (Å²) in [5.74, 6) is 0.642. The monoisotopic (exact) mass is 452 g/mol. The molecular formula is C16H41ClN4O4S2. The van der Waals surface area contributed by atoms with Crippen LogP contribution in [0.15, 0.2) is 0 Å². The number of halogens is 1. The molecule has 0 aromatic carbocycles. The van der Waals surface area contributed by atoms with E-state index in [1.165, 1.54) is 0 Å². The molecule has 0 rings (SSSR count). The van der Waals surface area contributed by atoms with Crippen LogP contribution in [-0.2, 0) is 20.0 Å². The summed E-state index contributed by atoms with van der Waals surface area (Å²) in [5.41, 5.74) is 0. The average molecular weight is 453 g/mol. The number of unbranched alkanes of at least 4 members (excludes halogenated alkanes) is 2. The number of rotatable bonds is 13. The van der Waals surface area contributed by atoms with Crippen LogP contribution >= 0.6 is 11.6 Å². The minimum absolute atomic E-state index is 0.0414. The van der Waals surface area contributed by atoms with Crippen LogP contribution in [0.4, 0.5) is 0 Å². The number of primary sulfonamides is 2. The Bertz CT molecular complexity index is 497. The van der Waals surface area contributed by atoms with Crippen molar-refractivity contribution in [1.82, 2.24) is 10.2 Å². The van der Waals surface area contributed by atoms with Crippen molar-refractivity contribution in [2.75, 3.05) is 50.1 Å². The molecule has 5 N–H and O–H groups in total. The molecule has 0 spiro atoms. The zero-order valence-corrected chi connectivity index (χ0v) is 19.8. The highest BCUT2D eigenvalue weighted by molar-refractivity contribution is 7.89.